The first-order valence-corrected chi connectivity index (χ1v) is 9.09. The first-order valence-electron chi connectivity index (χ1n) is 9.09. The van der Waals surface area contributed by atoms with E-state index in [1.165, 1.54) is 12.8 Å². The smallest absolute Gasteiger partial charge is 0.259 e. The van der Waals surface area contributed by atoms with Gasteiger partial charge in [0.05, 0.1) is 5.69 Å². The van der Waals surface area contributed by atoms with E-state index in [1.807, 2.05) is 9.80 Å². The van der Waals surface area contributed by atoms with Crippen molar-refractivity contribution in [2.75, 3.05) is 26.2 Å². The Hall–Kier alpha value is -1.85. The van der Waals surface area contributed by atoms with Gasteiger partial charge in [0.1, 0.15) is 11.3 Å². The number of hydrogen-bond acceptors (Lipinski definition) is 4. The Bertz CT molecular complexity index is 575. The lowest BCUT2D eigenvalue weighted by Crippen LogP contribution is -2.44. The van der Waals surface area contributed by atoms with E-state index in [0.717, 1.165) is 38.8 Å². The van der Waals surface area contributed by atoms with Gasteiger partial charge in [0.25, 0.3) is 5.91 Å². The highest BCUT2D eigenvalue weighted by atomic mass is 16.5. The van der Waals surface area contributed by atoms with Crippen LogP contribution in [0.4, 0.5) is 0 Å². The van der Waals surface area contributed by atoms with Crippen LogP contribution in [-0.2, 0) is 4.79 Å². The van der Waals surface area contributed by atoms with Crippen molar-refractivity contribution in [3.63, 3.8) is 0 Å². The van der Waals surface area contributed by atoms with Gasteiger partial charge in [-0.1, -0.05) is 18.0 Å². The fourth-order valence-corrected chi connectivity index (χ4v) is 3.83. The number of rotatable bonds is 2. The summed E-state index contributed by atoms with van der Waals surface area (Å²) in [6.07, 6.45) is 6.21. The molecule has 0 saturated carbocycles. The number of amides is 2. The molecule has 6 heteroatoms. The molecule has 1 aromatic rings. The molecule has 6 nitrogen and oxygen atoms in total. The Morgan fingerprint density at radius 1 is 0.958 bits per heavy atom. The standard InChI is InChI=1S/C18H27N3O3/c1-13-16(14(2)24-19-13)18(23)21-11-7-15(8-12-21)17(22)20-9-5-3-4-6-10-20/h15H,3-12H2,1-2H3. The quantitative estimate of drug-likeness (QED) is 0.834. The Balaban J connectivity index is 1.57. The predicted octanol–water partition coefficient (Wildman–Crippen LogP) is 2.55. The molecule has 2 saturated heterocycles. The molecule has 0 bridgehead atoms. The molecule has 2 fully saturated rings. The molecule has 0 atom stereocenters. The summed E-state index contributed by atoms with van der Waals surface area (Å²) in [6, 6.07) is 0. The Kier molecular flexibility index (Phi) is 5.21. The first-order chi connectivity index (χ1) is 11.6. The van der Waals surface area contributed by atoms with Crippen molar-refractivity contribution >= 4 is 11.8 Å². The summed E-state index contributed by atoms with van der Waals surface area (Å²) in [5, 5.41) is 3.86. The first kappa shape index (κ1) is 17.0. The third kappa shape index (κ3) is 3.47. The summed E-state index contributed by atoms with van der Waals surface area (Å²) < 4.78 is 5.10. The van der Waals surface area contributed by atoms with E-state index >= 15 is 0 Å². The second kappa shape index (κ2) is 7.36. The van der Waals surface area contributed by atoms with Gasteiger partial charge in [-0.25, -0.2) is 0 Å². The zero-order valence-corrected chi connectivity index (χ0v) is 14.7. The van der Waals surface area contributed by atoms with E-state index in [-0.39, 0.29) is 11.8 Å². The summed E-state index contributed by atoms with van der Waals surface area (Å²) in [4.78, 5) is 29.3. The molecule has 0 radical (unpaired) electrons. The van der Waals surface area contributed by atoms with Gasteiger partial charge in [-0.05, 0) is 39.5 Å². The van der Waals surface area contributed by atoms with Crippen LogP contribution in [0.5, 0.6) is 0 Å². The molecule has 2 amide bonds. The van der Waals surface area contributed by atoms with Crippen LogP contribution in [0.2, 0.25) is 0 Å². The van der Waals surface area contributed by atoms with Crippen LogP contribution >= 0.6 is 0 Å². The maximum Gasteiger partial charge on any atom is 0.259 e. The normalized spacial score (nSPS) is 20.1. The molecule has 132 valence electrons. The SMILES string of the molecule is Cc1noc(C)c1C(=O)N1CCC(C(=O)N2CCCCCC2)CC1. The second-order valence-corrected chi connectivity index (χ2v) is 7.01. The van der Waals surface area contributed by atoms with E-state index in [0.29, 0.717) is 36.0 Å². The van der Waals surface area contributed by atoms with Gasteiger partial charge in [-0.2, -0.15) is 0 Å². The van der Waals surface area contributed by atoms with Crippen LogP contribution in [0.3, 0.4) is 0 Å². The zero-order valence-electron chi connectivity index (χ0n) is 14.7. The topological polar surface area (TPSA) is 66.7 Å². The van der Waals surface area contributed by atoms with Crippen LogP contribution < -0.4 is 0 Å². The number of hydrogen-bond donors (Lipinski definition) is 0. The summed E-state index contributed by atoms with van der Waals surface area (Å²) in [6.45, 7) is 6.62. The Morgan fingerprint density at radius 3 is 2.12 bits per heavy atom. The summed E-state index contributed by atoms with van der Waals surface area (Å²) in [5.41, 5.74) is 1.22. The number of aromatic nitrogens is 1. The highest BCUT2D eigenvalue weighted by Crippen LogP contribution is 2.24. The molecule has 0 aromatic carbocycles. The largest absolute Gasteiger partial charge is 0.361 e. The fourth-order valence-electron chi connectivity index (χ4n) is 3.83. The number of nitrogens with zero attached hydrogens (tertiary/aromatic N) is 3. The van der Waals surface area contributed by atoms with E-state index < -0.39 is 0 Å². The lowest BCUT2D eigenvalue weighted by atomic mass is 9.94. The molecular weight excluding hydrogens is 306 g/mol. The van der Waals surface area contributed by atoms with Gasteiger partial charge in [-0.3, -0.25) is 9.59 Å². The van der Waals surface area contributed by atoms with Crippen LogP contribution in [0.25, 0.3) is 0 Å². The molecule has 3 heterocycles. The van der Waals surface area contributed by atoms with Gasteiger partial charge < -0.3 is 14.3 Å². The number of carbonyl (C=O) groups is 2. The molecule has 1 aromatic heterocycles. The predicted molar refractivity (Wildman–Crippen MR) is 89.7 cm³/mol. The molecule has 0 spiro atoms. The third-order valence-corrected chi connectivity index (χ3v) is 5.30. The molecule has 3 rings (SSSR count). The molecule has 0 aliphatic carbocycles. The lowest BCUT2D eigenvalue weighted by molar-refractivity contribution is -0.136. The van der Waals surface area contributed by atoms with E-state index in [1.54, 1.807) is 13.8 Å². The van der Waals surface area contributed by atoms with Gasteiger partial charge in [-0.15, -0.1) is 0 Å². The Morgan fingerprint density at radius 2 is 1.58 bits per heavy atom. The van der Waals surface area contributed by atoms with Gasteiger partial charge in [0.15, 0.2) is 0 Å². The minimum atomic E-state index is -0.0214. The minimum absolute atomic E-state index is 0.0214. The van der Waals surface area contributed by atoms with Gasteiger partial charge >= 0.3 is 0 Å². The molecule has 2 aliphatic rings. The van der Waals surface area contributed by atoms with Crippen molar-refractivity contribution in [1.29, 1.82) is 0 Å². The van der Waals surface area contributed by atoms with Crippen molar-refractivity contribution in [3.8, 4) is 0 Å². The summed E-state index contributed by atoms with van der Waals surface area (Å²) in [7, 11) is 0. The maximum absolute atomic E-state index is 12.7. The van der Waals surface area contributed by atoms with E-state index in [4.69, 9.17) is 4.52 Å². The summed E-state index contributed by atoms with van der Waals surface area (Å²) in [5.74, 6) is 0.908. The van der Waals surface area contributed by atoms with E-state index in [9.17, 15) is 9.59 Å². The summed E-state index contributed by atoms with van der Waals surface area (Å²) >= 11 is 0. The maximum atomic E-state index is 12.7. The van der Waals surface area contributed by atoms with Crippen molar-refractivity contribution in [1.82, 2.24) is 15.0 Å². The minimum Gasteiger partial charge on any atom is -0.361 e. The number of carbonyl (C=O) groups excluding carboxylic acids is 2. The van der Waals surface area contributed by atoms with Crippen LogP contribution in [0.15, 0.2) is 4.52 Å². The highest BCUT2D eigenvalue weighted by molar-refractivity contribution is 5.96. The molecule has 0 unspecified atom stereocenters. The van der Waals surface area contributed by atoms with Crippen LogP contribution in [0.1, 0.15) is 60.3 Å². The van der Waals surface area contributed by atoms with Gasteiger partial charge in [0.2, 0.25) is 5.91 Å². The number of piperidine rings is 1. The molecule has 2 aliphatic heterocycles. The van der Waals surface area contributed by atoms with Gasteiger partial charge in [0, 0.05) is 32.1 Å². The molecular formula is C18H27N3O3. The zero-order chi connectivity index (χ0) is 17.1. The average molecular weight is 333 g/mol. The third-order valence-electron chi connectivity index (χ3n) is 5.30. The van der Waals surface area contributed by atoms with Crippen molar-refractivity contribution in [2.24, 2.45) is 5.92 Å². The van der Waals surface area contributed by atoms with Crippen molar-refractivity contribution in [3.05, 3.63) is 17.0 Å². The van der Waals surface area contributed by atoms with E-state index in [2.05, 4.69) is 5.16 Å². The number of likely N-dealkylation sites (tertiary alicyclic amines) is 2. The average Bonchev–Trinajstić information content (AvgIpc) is 2.81. The fraction of sp³-hybridized carbons (Fsp3) is 0.722. The highest BCUT2D eigenvalue weighted by Gasteiger charge is 2.32. The number of aryl methyl sites for hydroxylation is 2. The lowest BCUT2D eigenvalue weighted by Gasteiger charge is -2.34. The van der Waals surface area contributed by atoms with Crippen LogP contribution in [0, 0.1) is 19.8 Å². The molecule has 24 heavy (non-hydrogen) atoms. The Labute approximate surface area is 143 Å². The van der Waals surface area contributed by atoms with Crippen LogP contribution in [-0.4, -0.2) is 52.9 Å². The monoisotopic (exact) mass is 333 g/mol. The van der Waals surface area contributed by atoms with Crippen molar-refractivity contribution < 1.29 is 14.1 Å². The second-order valence-electron chi connectivity index (χ2n) is 7.01. The van der Waals surface area contributed by atoms with Crippen molar-refractivity contribution in [2.45, 2.75) is 52.4 Å². The molecule has 0 N–H and O–H groups in total.